The van der Waals surface area contributed by atoms with Gasteiger partial charge in [-0.05, 0) is 39.5 Å². The molecular formula is C16H17BrN2S. The fraction of sp³-hybridized carbons (Fsp3) is 0.188. The lowest BCUT2D eigenvalue weighted by Crippen LogP contribution is -2.16. The van der Waals surface area contributed by atoms with Crippen LogP contribution >= 0.6 is 28.1 Å². The third-order valence-electron chi connectivity index (χ3n) is 3.23. The summed E-state index contributed by atoms with van der Waals surface area (Å²) < 4.78 is 0.919. The SMILES string of the molecule is CC(CNc1cccc(Br)c1C(N)=S)c1ccccc1. The quantitative estimate of drug-likeness (QED) is 0.791. The fourth-order valence-corrected chi connectivity index (χ4v) is 3.02. The molecule has 0 aliphatic heterocycles. The molecule has 0 saturated carbocycles. The molecule has 0 aliphatic carbocycles. The van der Waals surface area contributed by atoms with Gasteiger partial charge in [0.2, 0.25) is 0 Å². The maximum Gasteiger partial charge on any atom is 0.107 e. The number of nitrogens with two attached hydrogens (primary N) is 1. The molecular weight excluding hydrogens is 332 g/mol. The smallest absolute Gasteiger partial charge is 0.107 e. The maximum absolute atomic E-state index is 5.79. The molecule has 0 saturated heterocycles. The van der Waals surface area contributed by atoms with Crippen molar-refractivity contribution in [3.05, 3.63) is 64.1 Å². The molecule has 0 radical (unpaired) electrons. The Balaban J connectivity index is 2.12. The van der Waals surface area contributed by atoms with Gasteiger partial charge in [0.25, 0.3) is 0 Å². The molecule has 0 heterocycles. The number of halogens is 1. The molecule has 4 heteroatoms. The van der Waals surface area contributed by atoms with Crippen LogP contribution in [0.5, 0.6) is 0 Å². The predicted molar refractivity (Wildman–Crippen MR) is 93.4 cm³/mol. The van der Waals surface area contributed by atoms with E-state index in [0.29, 0.717) is 10.9 Å². The van der Waals surface area contributed by atoms with Crippen LogP contribution in [0.2, 0.25) is 0 Å². The fourth-order valence-electron chi connectivity index (χ4n) is 2.08. The highest BCUT2D eigenvalue weighted by Gasteiger charge is 2.11. The molecule has 3 N–H and O–H groups in total. The zero-order valence-electron chi connectivity index (χ0n) is 11.3. The van der Waals surface area contributed by atoms with E-state index in [2.05, 4.69) is 52.4 Å². The van der Waals surface area contributed by atoms with Gasteiger partial charge in [0, 0.05) is 22.3 Å². The molecule has 2 aromatic rings. The maximum atomic E-state index is 5.79. The van der Waals surface area contributed by atoms with Crippen molar-refractivity contribution >= 4 is 38.8 Å². The van der Waals surface area contributed by atoms with Crippen molar-refractivity contribution in [1.29, 1.82) is 0 Å². The molecule has 0 amide bonds. The molecule has 0 aliphatic rings. The van der Waals surface area contributed by atoms with Gasteiger partial charge in [0.15, 0.2) is 0 Å². The van der Waals surface area contributed by atoms with Crippen molar-refractivity contribution in [3.8, 4) is 0 Å². The Morgan fingerprint density at radius 3 is 2.55 bits per heavy atom. The number of anilines is 1. The molecule has 1 atom stereocenters. The van der Waals surface area contributed by atoms with Crippen LogP contribution in [-0.2, 0) is 0 Å². The third kappa shape index (κ3) is 3.58. The molecule has 2 rings (SSSR count). The van der Waals surface area contributed by atoms with Gasteiger partial charge in [-0.25, -0.2) is 0 Å². The molecule has 0 aromatic heterocycles. The summed E-state index contributed by atoms with van der Waals surface area (Å²) in [6.45, 7) is 3.02. The number of benzene rings is 2. The molecule has 0 bridgehead atoms. The zero-order chi connectivity index (χ0) is 14.5. The van der Waals surface area contributed by atoms with E-state index in [0.717, 1.165) is 22.3 Å². The average molecular weight is 349 g/mol. The van der Waals surface area contributed by atoms with Gasteiger partial charge in [-0.15, -0.1) is 0 Å². The minimum atomic E-state index is 0.396. The Hall–Kier alpha value is -1.39. The molecule has 2 aromatic carbocycles. The van der Waals surface area contributed by atoms with Crippen LogP contribution in [0, 0.1) is 0 Å². The Labute approximate surface area is 133 Å². The van der Waals surface area contributed by atoms with Crippen molar-refractivity contribution in [2.24, 2.45) is 5.73 Å². The first-order chi connectivity index (χ1) is 9.59. The van der Waals surface area contributed by atoms with Crippen LogP contribution in [-0.4, -0.2) is 11.5 Å². The van der Waals surface area contributed by atoms with Crippen molar-refractivity contribution in [2.45, 2.75) is 12.8 Å². The Kier molecular flexibility index (Phi) is 5.15. The molecule has 2 nitrogen and oxygen atoms in total. The Morgan fingerprint density at radius 2 is 1.90 bits per heavy atom. The van der Waals surface area contributed by atoms with Crippen LogP contribution < -0.4 is 11.1 Å². The second-order valence-corrected chi connectivity index (χ2v) is 6.01. The van der Waals surface area contributed by atoms with Crippen LogP contribution in [0.15, 0.2) is 53.0 Å². The van der Waals surface area contributed by atoms with Crippen LogP contribution in [0.4, 0.5) is 5.69 Å². The normalized spacial score (nSPS) is 11.9. The van der Waals surface area contributed by atoms with Gasteiger partial charge < -0.3 is 11.1 Å². The predicted octanol–water partition coefficient (Wildman–Crippen LogP) is 4.30. The van der Waals surface area contributed by atoms with Gasteiger partial charge in [-0.3, -0.25) is 0 Å². The lowest BCUT2D eigenvalue weighted by atomic mass is 10.0. The van der Waals surface area contributed by atoms with Crippen LogP contribution in [0.1, 0.15) is 24.0 Å². The van der Waals surface area contributed by atoms with E-state index < -0.39 is 0 Å². The van der Waals surface area contributed by atoms with Crippen molar-refractivity contribution in [3.63, 3.8) is 0 Å². The highest BCUT2D eigenvalue weighted by Crippen LogP contribution is 2.25. The van der Waals surface area contributed by atoms with Crippen molar-refractivity contribution < 1.29 is 0 Å². The summed E-state index contributed by atoms with van der Waals surface area (Å²) in [7, 11) is 0. The van der Waals surface area contributed by atoms with E-state index in [1.54, 1.807) is 0 Å². The van der Waals surface area contributed by atoms with Gasteiger partial charge >= 0.3 is 0 Å². The van der Waals surface area contributed by atoms with E-state index in [1.807, 2.05) is 24.3 Å². The van der Waals surface area contributed by atoms with Crippen LogP contribution in [0.3, 0.4) is 0 Å². The lowest BCUT2D eigenvalue weighted by molar-refractivity contribution is 0.805. The topological polar surface area (TPSA) is 38.0 Å². The second kappa shape index (κ2) is 6.86. The first-order valence-corrected chi connectivity index (χ1v) is 7.67. The number of thiocarbonyl (C=S) groups is 1. The standard InChI is InChI=1S/C16H17BrN2S/c1-11(12-6-3-2-4-7-12)10-19-14-9-5-8-13(17)15(14)16(18)20/h2-9,11,19H,10H2,1H3,(H2,18,20). The molecule has 1 unspecified atom stereocenters. The first-order valence-electron chi connectivity index (χ1n) is 6.46. The van der Waals surface area contributed by atoms with E-state index >= 15 is 0 Å². The molecule has 0 fully saturated rings. The number of rotatable bonds is 5. The zero-order valence-corrected chi connectivity index (χ0v) is 13.7. The number of hydrogen-bond donors (Lipinski definition) is 2. The van der Waals surface area contributed by atoms with Gasteiger partial charge in [0.05, 0.1) is 0 Å². The summed E-state index contributed by atoms with van der Waals surface area (Å²) in [5.41, 5.74) is 8.94. The number of nitrogens with one attached hydrogen (secondary N) is 1. The lowest BCUT2D eigenvalue weighted by Gasteiger charge is -2.17. The summed E-state index contributed by atoms with van der Waals surface area (Å²) in [5.74, 6) is 0.411. The summed E-state index contributed by atoms with van der Waals surface area (Å²) in [5, 5.41) is 3.44. The summed E-state index contributed by atoms with van der Waals surface area (Å²) in [6, 6.07) is 16.3. The van der Waals surface area contributed by atoms with Crippen molar-refractivity contribution in [2.75, 3.05) is 11.9 Å². The minimum absolute atomic E-state index is 0.396. The van der Waals surface area contributed by atoms with Crippen LogP contribution in [0.25, 0.3) is 0 Å². The van der Waals surface area contributed by atoms with Gasteiger partial charge in [-0.1, -0.05) is 55.5 Å². The highest BCUT2D eigenvalue weighted by atomic mass is 79.9. The van der Waals surface area contributed by atoms with E-state index in [9.17, 15) is 0 Å². The Morgan fingerprint density at radius 1 is 1.20 bits per heavy atom. The monoisotopic (exact) mass is 348 g/mol. The average Bonchev–Trinajstić information content (AvgIpc) is 2.45. The summed E-state index contributed by atoms with van der Waals surface area (Å²) >= 11 is 8.61. The minimum Gasteiger partial charge on any atom is -0.389 e. The second-order valence-electron chi connectivity index (χ2n) is 4.72. The Bertz CT molecular complexity index is 599. The van der Waals surface area contributed by atoms with E-state index in [-0.39, 0.29) is 0 Å². The van der Waals surface area contributed by atoms with Crippen molar-refractivity contribution in [1.82, 2.24) is 0 Å². The third-order valence-corrected chi connectivity index (χ3v) is 4.09. The largest absolute Gasteiger partial charge is 0.389 e. The summed E-state index contributed by atoms with van der Waals surface area (Å²) in [6.07, 6.45) is 0. The number of hydrogen-bond acceptors (Lipinski definition) is 2. The first kappa shape index (κ1) is 15.0. The molecule has 0 spiro atoms. The van der Waals surface area contributed by atoms with Gasteiger partial charge in [0.1, 0.15) is 4.99 Å². The molecule has 20 heavy (non-hydrogen) atoms. The van der Waals surface area contributed by atoms with Gasteiger partial charge in [-0.2, -0.15) is 0 Å². The highest BCUT2D eigenvalue weighted by molar-refractivity contribution is 9.10. The van der Waals surface area contributed by atoms with E-state index in [1.165, 1.54) is 5.56 Å². The summed E-state index contributed by atoms with van der Waals surface area (Å²) in [4.78, 5) is 0.396. The molecule has 104 valence electrons. The van der Waals surface area contributed by atoms with E-state index in [4.69, 9.17) is 18.0 Å².